The van der Waals surface area contributed by atoms with Crippen LogP contribution in [0.25, 0.3) is 0 Å². The Kier molecular flexibility index (Phi) is 17.6. The summed E-state index contributed by atoms with van der Waals surface area (Å²) in [5.41, 5.74) is 0. The lowest BCUT2D eigenvalue weighted by Crippen LogP contribution is -2.24. The third kappa shape index (κ3) is 13.3. The highest BCUT2D eigenvalue weighted by Crippen LogP contribution is 1.90. The molecule has 0 atom stereocenters. The lowest BCUT2D eigenvalue weighted by atomic mass is 10.4. The Bertz CT molecular complexity index is 156. The topological polar surface area (TPSA) is 28.0 Å². The first-order chi connectivity index (χ1) is 7.35. The first-order valence-electron chi connectivity index (χ1n) is 6.15. The van der Waals surface area contributed by atoms with Gasteiger partial charge in [0.15, 0.2) is 0 Å². The maximum atomic E-state index is 4.06. The Hall–Kier alpha value is -0.660. The van der Waals surface area contributed by atoms with Gasteiger partial charge in [0.05, 0.1) is 12.6 Å². The minimum absolute atomic E-state index is 0.777. The van der Waals surface area contributed by atoms with Crippen molar-refractivity contribution >= 4 is 6.01 Å². The Morgan fingerprint density at radius 1 is 1.00 bits per heavy atom. The Morgan fingerprint density at radius 2 is 1.60 bits per heavy atom. The zero-order valence-electron chi connectivity index (χ0n) is 11.1. The van der Waals surface area contributed by atoms with Crippen LogP contribution in [0.2, 0.25) is 0 Å². The van der Waals surface area contributed by atoms with Crippen LogP contribution in [-0.2, 0) is 0 Å². The van der Waals surface area contributed by atoms with Crippen molar-refractivity contribution in [3.63, 3.8) is 0 Å². The quantitative estimate of drug-likeness (QED) is 0.472. The molecular formula is C12H27N3. The molecule has 0 N–H and O–H groups in total. The first kappa shape index (κ1) is 16.8. The van der Waals surface area contributed by atoms with E-state index in [1.165, 1.54) is 0 Å². The fourth-order valence-electron chi connectivity index (χ4n) is 1.08. The Labute approximate surface area is 95.3 Å². The molecule has 15 heavy (non-hydrogen) atoms. The van der Waals surface area contributed by atoms with Crippen molar-refractivity contribution < 1.29 is 0 Å². The van der Waals surface area contributed by atoms with Gasteiger partial charge in [0, 0.05) is 6.54 Å². The molecule has 0 aliphatic rings. The van der Waals surface area contributed by atoms with Crippen LogP contribution in [-0.4, -0.2) is 43.6 Å². The average Bonchev–Trinajstić information content (AvgIpc) is 2.31. The predicted molar refractivity (Wildman–Crippen MR) is 69.0 cm³/mol. The fraction of sp³-hybridized carbons (Fsp3) is 0.917. The molecule has 0 saturated heterocycles. The highest BCUT2D eigenvalue weighted by atomic mass is 15.1. The number of hydrogen-bond acceptors (Lipinski definition) is 3. The molecule has 0 aromatic carbocycles. The maximum Gasteiger partial charge on any atom is 0.0892 e. The summed E-state index contributed by atoms with van der Waals surface area (Å²) >= 11 is 0. The van der Waals surface area contributed by atoms with Crippen LogP contribution in [0.1, 0.15) is 41.0 Å². The molecule has 0 aromatic heterocycles. The van der Waals surface area contributed by atoms with Crippen LogP contribution in [0.15, 0.2) is 9.98 Å². The zero-order valence-corrected chi connectivity index (χ0v) is 11.1. The largest absolute Gasteiger partial charge is 0.304 e. The molecule has 90 valence electrons. The minimum atomic E-state index is 0.777. The van der Waals surface area contributed by atoms with E-state index >= 15 is 0 Å². The number of nitrogens with zero attached hydrogens (tertiary/aromatic N) is 3. The maximum absolute atomic E-state index is 4.06. The van der Waals surface area contributed by atoms with E-state index in [-0.39, 0.29) is 0 Å². The average molecular weight is 213 g/mol. The Morgan fingerprint density at radius 3 is 2.07 bits per heavy atom. The molecule has 3 nitrogen and oxygen atoms in total. The van der Waals surface area contributed by atoms with E-state index in [4.69, 9.17) is 0 Å². The second-order valence-electron chi connectivity index (χ2n) is 2.84. The summed E-state index contributed by atoms with van der Waals surface area (Å²) in [7, 11) is 0. The Balaban J connectivity index is 0. The van der Waals surface area contributed by atoms with Crippen LogP contribution in [0.3, 0.4) is 0 Å². The third-order valence-corrected chi connectivity index (χ3v) is 1.94. The summed E-state index contributed by atoms with van der Waals surface area (Å²) in [5, 5.41) is 0. The minimum Gasteiger partial charge on any atom is -0.304 e. The molecule has 0 saturated carbocycles. The smallest absolute Gasteiger partial charge is 0.0892 e. The summed E-state index contributed by atoms with van der Waals surface area (Å²) in [6.07, 6.45) is 1.11. The molecule has 0 aliphatic carbocycles. The van der Waals surface area contributed by atoms with Gasteiger partial charge in [-0.25, -0.2) is 9.98 Å². The summed E-state index contributed by atoms with van der Waals surface area (Å²) in [6, 6.07) is 2.68. The van der Waals surface area contributed by atoms with Gasteiger partial charge in [0.1, 0.15) is 0 Å². The number of hydrogen-bond donors (Lipinski definition) is 0. The molecule has 0 fully saturated rings. The fourth-order valence-corrected chi connectivity index (χ4v) is 1.08. The SMILES string of the molecule is CC.CCN=C=NCCCN(CC)CC. The van der Waals surface area contributed by atoms with Crippen molar-refractivity contribution in [1.29, 1.82) is 0 Å². The molecule has 0 heterocycles. The van der Waals surface area contributed by atoms with Gasteiger partial charge in [-0.1, -0.05) is 27.7 Å². The summed E-state index contributed by atoms with van der Waals surface area (Å²) in [6.45, 7) is 15.4. The van der Waals surface area contributed by atoms with E-state index in [1.807, 2.05) is 20.8 Å². The normalized spacial score (nSPS) is 8.93. The van der Waals surface area contributed by atoms with E-state index in [9.17, 15) is 0 Å². The molecule has 0 radical (unpaired) electrons. The molecule has 0 bridgehead atoms. The van der Waals surface area contributed by atoms with E-state index in [2.05, 4.69) is 34.7 Å². The lowest BCUT2D eigenvalue weighted by molar-refractivity contribution is 0.302. The summed E-state index contributed by atoms with van der Waals surface area (Å²) in [5.74, 6) is 0. The predicted octanol–water partition coefficient (Wildman–Crippen LogP) is 2.94. The van der Waals surface area contributed by atoms with Crippen molar-refractivity contribution in [3.05, 3.63) is 0 Å². The van der Waals surface area contributed by atoms with Gasteiger partial charge >= 0.3 is 0 Å². The van der Waals surface area contributed by atoms with E-state index in [1.54, 1.807) is 0 Å². The van der Waals surface area contributed by atoms with E-state index < -0.39 is 0 Å². The van der Waals surface area contributed by atoms with E-state index in [0.717, 1.165) is 39.1 Å². The van der Waals surface area contributed by atoms with Crippen molar-refractivity contribution in [1.82, 2.24) is 4.90 Å². The van der Waals surface area contributed by atoms with Gasteiger partial charge in [0.2, 0.25) is 0 Å². The van der Waals surface area contributed by atoms with Crippen LogP contribution in [0.4, 0.5) is 0 Å². The van der Waals surface area contributed by atoms with Gasteiger partial charge in [-0.05, 0) is 33.0 Å². The highest BCUT2D eigenvalue weighted by molar-refractivity contribution is 5.40. The molecule has 3 heteroatoms. The van der Waals surface area contributed by atoms with Gasteiger partial charge in [0.25, 0.3) is 0 Å². The van der Waals surface area contributed by atoms with E-state index in [0.29, 0.717) is 0 Å². The van der Waals surface area contributed by atoms with Crippen molar-refractivity contribution in [2.24, 2.45) is 9.98 Å². The number of rotatable bonds is 7. The molecule has 0 aliphatic heterocycles. The van der Waals surface area contributed by atoms with Gasteiger partial charge in [-0.3, -0.25) is 0 Å². The van der Waals surface area contributed by atoms with Crippen LogP contribution in [0.5, 0.6) is 0 Å². The molecule has 0 rings (SSSR count). The second-order valence-corrected chi connectivity index (χ2v) is 2.84. The monoisotopic (exact) mass is 213 g/mol. The van der Waals surface area contributed by atoms with Crippen molar-refractivity contribution in [2.75, 3.05) is 32.7 Å². The molecular weight excluding hydrogens is 186 g/mol. The van der Waals surface area contributed by atoms with Crippen molar-refractivity contribution in [3.8, 4) is 0 Å². The summed E-state index contributed by atoms with van der Waals surface area (Å²) in [4.78, 5) is 10.4. The first-order valence-corrected chi connectivity index (χ1v) is 6.15. The van der Waals surface area contributed by atoms with Gasteiger partial charge in [-0.2, -0.15) is 0 Å². The molecule has 0 amide bonds. The van der Waals surface area contributed by atoms with Crippen LogP contribution in [0, 0.1) is 0 Å². The third-order valence-electron chi connectivity index (χ3n) is 1.94. The van der Waals surface area contributed by atoms with Crippen molar-refractivity contribution in [2.45, 2.75) is 41.0 Å². The lowest BCUT2D eigenvalue weighted by Gasteiger charge is -2.16. The van der Waals surface area contributed by atoms with Crippen LogP contribution < -0.4 is 0 Å². The molecule has 0 aromatic rings. The summed E-state index contributed by atoms with van der Waals surface area (Å²) < 4.78 is 0. The second kappa shape index (κ2) is 15.8. The van der Waals surface area contributed by atoms with Crippen LogP contribution >= 0.6 is 0 Å². The molecule has 0 spiro atoms. The highest BCUT2D eigenvalue weighted by Gasteiger charge is 1.96. The number of aliphatic imine (C=N–C) groups is 2. The standard InChI is InChI=1S/C10H21N3.C2H6/c1-4-11-10-12-8-7-9-13(5-2)6-3;1-2/h4-9H2,1-3H3;1-2H3. The molecule has 0 unspecified atom stereocenters. The van der Waals surface area contributed by atoms with Gasteiger partial charge < -0.3 is 4.90 Å². The zero-order chi connectivity index (χ0) is 11.9. The van der Waals surface area contributed by atoms with Gasteiger partial charge in [-0.15, -0.1) is 0 Å².